The number of guanidine groups is 1. The van der Waals surface area contributed by atoms with Gasteiger partial charge in [0.25, 0.3) is 0 Å². The van der Waals surface area contributed by atoms with Gasteiger partial charge in [0, 0.05) is 28.9 Å². The lowest BCUT2D eigenvalue weighted by molar-refractivity contribution is 0.411. The van der Waals surface area contributed by atoms with Crippen LogP contribution in [-0.4, -0.2) is 31.3 Å². The van der Waals surface area contributed by atoms with E-state index in [4.69, 9.17) is 4.74 Å². The number of hydrogen-bond donors (Lipinski definition) is 3. The van der Waals surface area contributed by atoms with Crippen LogP contribution >= 0.6 is 11.3 Å². The molecule has 0 saturated heterocycles. The molecule has 0 atom stereocenters. The molecule has 25 heavy (non-hydrogen) atoms. The molecule has 0 spiro atoms. The second-order valence-electron chi connectivity index (χ2n) is 6.40. The number of thiophene rings is 1. The number of rotatable bonds is 7. The molecule has 1 aromatic heterocycles. The zero-order chi connectivity index (χ0) is 18.3. The second kappa shape index (κ2) is 8.76. The van der Waals surface area contributed by atoms with Crippen molar-refractivity contribution in [2.45, 2.75) is 32.7 Å². The molecular formula is C19H27N3O2S. The van der Waals surface area contributed by atoms with E-state index in [2.05, 4.69) is 47.0 Å². The summed E-state index contributed by atoms with van der Waals surface area (Å²) in [5.74, 6) is 1.66. The van der Waals surface area contributed by atoms with Crippen molar-refractivity contribution in [2.24, 2.45) is 4.99 Å². The van der Waals surface area contributed by atoms with Gasteiger partial charge in [-0.2, -0.15) is 0 Å². The number of phenols is 1. The number of aromatic hydroxyl groups is 1. The third-order valence-electron chi connectivity index (χ3n) is 3.92. The molecule has 0 bridgehead atoms. The number of nitrogens with zero attached hydrogens (tertiary/aromatic N) is 1. The number of ether oxygens (including phenoxy) is 1. The average Bonchev–Trinajstić information content (AvgIpc) is 3.14. The van der Waals surface area contributed by atoms with E-state index in [9.17, 15) is 5.11 Å². The van der Waals surface area contributed by atoms with Crippen molar-refractivity contribution in [3.8, 4) is 11.5 Å². The van der Waals surface area contributed by atoms with Gasteiger partial charge in [0.2, 0.25) is 0 Å². The van der Waals surface area contributed by atoms with Crippen molar-refractivity contribution >= 4 is 17.3 Å². The fourth-order valence-electron chi connectivity index (χ4n) is 2.38. The molecule has 1 heterocycles. The van der Waals surface area contributed by atoms with E-state index < -0.39 is 0 Å². The molecule has 0 radical (unpaired) electrons. The predicted octanol–water partition coefficient (Wildman–Crippen LogP) is 3.50. The summed E-state index contributed by atoms with van der Waals surface area (Å²) in [5, 5.41) is 18.7. The molecule has 2 rings (SSSR count). The van der Waals surface area contributed by atoms with E-state index >= 15 is 0 Å². The largest absolute Gasteiger partial charge is 0.508 e. The van der Waals surface area contributed by atoms with Crippen LogP contribution in [0.3, 0.4) is 0 Å². The van der Waals surface area contributed by atoms with Crippen LogP contribution in [0.1, 0.15) is 31.2 Å². The molecular weight excluding hydrogens is 334 g/mol. The van der Waals surface area contributed by atoms with Crippen LogP contribution in [0.4, 0.5) is 0 Å². The van der Waals surface area contributed by atoms with Gasteiger partial charge in [0.05, 0.1) is 13.7 Å². The maximum absolute atomic E-state index is 9.99. The van der Waals surface area contributed by atoms with Crippen molar-refractivity contribution in [1.82, 2.24) is 10.6 Å². The first-order chi connectivity index (χ1) is 12.0. The summed E-state index contributed by atoms with van der Waals surface area (Å²) in [4.78, 5) is 5.92. The van der Waals surface area contributed by atoms with Crippen LogP contribution < -0.4 is 15.4 Å². The number of aliphatic imine (C=N–C) groups is 1. The maximum atomic E-state index is 9.99. The third kappa shape index (κ3) is 5.39. The maximum Gasteiger partial charge on any atom is 0.191 e. The second-order valence-corrected chi connectivity index (χ2v) is 7.35. The molecule has 136 valence electrons. The Hall–Kier alpha value is -2.21. The SMILES string of the molecule is CCNC(=NCc1cc(OC)ccc1O)NCC(C)(C)c1cccs1. The molecule has 0 aliphatic rings. The third-order valence-corrected chi connectivity index (χ3v) is 5.16. The fraction of sp³-hybridized carbons (Fsp3) is 0.421. The summed E-state index contributed by atoms with van der Waals surface area (Å²) in [7, 11) is 1.61. The molecule has 2 aromatic rings. The summed E-state index contributed by atoms with van der Waals surface area (Å²) in [5.41, 5.74) is 0.747. The van der Waals surface area contributed by atoms with Crippen LogP contribution in [0, 0.1) is 0 Å². The minimum atomic E-state index is 0.0163. The van der Waals surface area contributed by atoms with Gasteiger partial charge in [-0.15, -0.1) is 11.3 Å². The van der Waals surface area contributed by atoms with Crippen molar-refractivity contribution in [3.05, 3.63) is 46.2 Å². The van der Waals surface area contributed by atoms with E-state index in [1.165, 1.54) is 4.88 Å². The van der Waals surface area contributed by atoms with Crippen LogP contribution in [0.2, 0.25) is 0 Å². The van der Waals surface area contributed by atoms with Crippen molar-refractivity contribution in [1.29, 1.82) is 0 Å². The van der Waals surface area contributed by atoms with Crippen LogP contribution in [-0.2, 0) is 12.0 Å². The normalized spacial score (nSPS) is 12.1. The summed E-state index contributed by atoms with van der Waals surface area (Å²) in [6.45, 7) is 8.37. The summed E-state index contributed by atoms with van der Waals surface area (Å²) >= 11 is 1.76. The highest BCUT2D eigenvalue weighted by Gasteiger charge is 2.21. The van der Waals surface area contributed by atoms with Gasteiger partial charge in [-0.25, -0.2) is 4.99 Å². The number of nitrogens with one attached hydrogen (secondary N) is 2. The molecule has 3 N–H and O–H groups in total. The number of phenolic OH excluding ortho intramolecular Hbond substituents is 1. The molecule has 1 aromatic carbocycles. The van der Waals surface area contributed by atoms with Gasteiger partial charge in [-0.1, -0.05) is 19.9 Å². The van der Waals surface area contributed by atoms with Gasteiger partial charge in [-0.05, 0) is 36.6 Å². The number of benzene rings is 1. The first-order valence-corrected chi connectivity index (χ1v) is 9.26. The van der Waals surface area contributed by atoms with Gasteiger partial charge >= 0.3 is 0 Å². The summed E-state index contributed by atoms with van der Waals surface area (Å²) in [6, 6.07) is 9.40. The average molecular weight is 362 g/mol. The topological polar surface area (TPSA) is 65.9 Å². The Morgan fingerprint density at radius 3 is 2.72 bits per heavy atom. The Labute approximate surface area is 153 Å². The van der Waals surface area contributed by atoms with Crippen molar-refractivity contribution in [2.75, 3.05) is 20.2 Å². The molecule has 0 aliphatic heterocycles. The molecule has 0 saturated carbocycles. The number of hydrogen-bond acceptors (Lipinski definition) is 4. The van der Waals surface area contributed by atoms with Gasteiger partial charge in [-0.3, -0.25) is 0 Å². The monoisotopic (exact) mass is 361 g/mol. The summed E-state index contributed by atoms with van der Waals surface area (Å²) < 4.78 is 5.21. The van der Waals surface area contributed by atoms with E-state index in [1.807, 2.05) is 6.92 Å². The highest BCUT2D eigenvalue weighted by molar-refractivity contribution is 7.10. The Bertz CT molecular complexity index is 697. The Morgan fingerprint density at radius 2 is 2.08 bits per heavy atom. The highest BCUT2D eigenvalue weighted by atomic mass is 32.1. The predicted molar refractivity (Wildman–Crippen MR) is 105 cm³/mol. The molecule has 0 unspecified atom stereocenters. The lowest BCUT2D eigenvalue weighted by atomic mass is 9.91. The van der Waals surface area contributed by atoms with Gasteiger partial charge in [0.1, 0.15) is 11.5 Å². The van der Waals surface area contributed by atoms with Crippen LogP contribution in [0.5, 0.6) is 11.5 Å². The van der Waals surface area contributed by atoms with E-state index in [1.54, 1.807) is 36.6 Å². The first-order valence-electron chi connectivity index (χ1n) is 8.38. The standard InChI is InChI=1S/C19H27N3O2S/c1-5-20-18(22-13-19(2,3)17-7-6-10-25-17)21-12-14-11-15(24-4)8-9-16(14)23/h6-11,23H,5,12-13H2,1-4H3,(H2,20,21,22). The van der Waals surface area contributed by atoms with E-state index in [0.29, 0.717) is 12.3 Å². The van der Waals surface area contributed by atoms with Crippen LogP contribution in [0.25, 0.3) is 0 Å². The molecule has 6 heteroatoms. The van der Waals surface area contributed by atoms with Crippen LogP contribution in [0.15, 0.2) is 40.7 Å². The molecule has 0 fully saturated rings. The number of methoxy groups -OCH3 is 1. The highest BCUT2D eigenvalue weighted by Crippen LogP contribution is 2.26. The molecule has 0 amide bonds. The lowest BCUT2D eigenvalue weighted by Gasteiger charge is -2.25. The first kappa shape index (κ1) is 19.1. The quantitative estimate of drug-likeness (QED) is 0.522. The zero-order valence-corrected chi connectivity index (χ0v) is 16.1. The van der Waals surface area contributed by atoms with E-state index in [0.717, 1.165) is 24.6 Å². The molecule has 0 aliphatic carbocycles. The Balaban J connectivity index is 2.06. The minimum Gasteiger partial charge on any atom is -0.508 e. The minimum absolute atomic E-state index is 0.0163. The lowest BCUT2D eigenvalue weighted by Crippen LogP contribution is -2.43. The van der Waals surface area contributed by atoms with E-state index in [-0.39, 0.29) is 11.2 Å². The van der Waals surface area contributed by atoms with Crippen molar-refractivity contribution in [3.63, 3.8) is 0 Å². The smallest absolute Gasteiger partial charge is 0.191 e. The fourth-order valence-corrected chi connectivity index (χ4v) is 3.23. The molecule has 5 nitrogen and oxygen atoms in total. The van der Waals surface area contributed by atoms with Crippen molar-refractivity contribution < 1.29 is 9.84 Å². The zero-order valence-electron chi connectivity index (χ0n) is 15.3. The van der Waals surface area contributed by atoms with Gasteiger partial charge < -0.3 is 20.5 Å². The Morgan fingerprint density at radius 1 is 1.28 bits per heavy atom. The van der Waals surface area contributed by atoms with Gasteiger partial charge in [0.15, 0.2) is 5.96 Å². The summed E-state index contributed by atoms with van der Waals surface area (Å²) in [6.07, 6.45) is 0. The Kier molecular flexibility index (Phi) is 6.70.